The molecule has 0 aliphatic carbocycles. The van der Waals surface area contributed by atoms with Crippen LogP contribution < -0.4 is 10.6 Å². The van der Waals surface area contributed by atoms with E-state index in [1.54, 1.807) is 11.9 Å². The number of hydrazone groups is 1. The Labute approximate surface area is 240 Å². The van der Waals surface area contributed by atoms with Crippen molar-refractivity contribution >= 4 is 29.5 Å². The van der Waals surface area contributed by atoms with E-state index in [9.17, 15) is 24.3 Å². The summed E-state index contributed by atoms with van der Waals surface area (Å²) in [5.41, 5.74) is 1.07. The van der Waals surface area contributed by atoms with Gasteiger partial charge in [-0.1, -0.05) is 36.4 Å². The van der Waals surface area contributed by atoms with Crippen LogP contribution in [0.3, 0.4) is 0 Å². The Morgan fingerprint density at radius 3 is 2.54 bits per heavy atom. The van der Waals surface area contributed by atoms with Gasteiger partial charge in [-0.25, -0.2) is 9.80 Å². The smallest absolute Gasteiger partial charge is 0.405 e. The maximum absolute atomic E-state index is 14.0. The topological polar surface area (TPSA) is 144 Å². The van der Waals surface area contributed by atoms with Crippen molar-refractivity contribution in [2.24, 2.45) is 10.5 Å². The first-order valence-electron chi connectivity index (χ1n) is 13.8. The molecule has 11 nitrogen and oxygen atoms in total. The quantitative estimate of drug-likeness (QED) is 0.406. The second kappa shape index (κ2) is 12.1. The number of fused-ring (bicyclic) bond motifs is 1. The number of piperidine rings is 1. The third-order valence-corrected chi connectivity index (χ3v) is 7.73. The molecule has 1 aromatic carbocycles. The second-order valence-electron chi connectivity index (χ2n) is 11.4. The average molecular weight is 563 g/mol. The van der Waals surface area contributed by atoms with Crippen LogP contribution >= 0.6 is 0 Å². The van der Waals surface area contributed by atoms with Crippen molar-refractivity contribution in [3.05, 3.63) is 65.5 Å². The van der Waals surface area contributed by atoms with E-state index in [0.717, 1.165) is 22.7 Å². The van der Waals surface area contributed by atoms with Crippen molar-refractivity contribution in [3.63, 3.8) is 0 Å². The number of aryl methyl sites for hydroxylation is 2. The van der Waals surface area contributed by atoms with Crippen LogP contribution in [0.15, 0.2) is 53.6 Å². The van der Waals surface area contributed by atoms with Gasteiger partial charge in [0.2, 0.25) is 11.8 Å². The molecule has 4 amide bonds. The van der Waals surface area contributed by atoms with Gasteiger partial charge in [-0.15, -0.1) is 0 Å². The van der Waals surface area contributed by atoms with Gasteiger partial charge in [-0.05, 0) is 64.2 Å². The Morgan fingerprint density at radius 1 is 1.12 bits per heavy atom. The zero-order valence-corrected chi connectivity index (χ0v) is 24.0. The molecule has 3 heterocycles. The molecule has 1 saturated heterocycles. The molecule has 4 rings (SSSR count). The number of carbonyl (C=O) groups excluding carboxylic acids is 3. The fraction of sp³-hybridized carbons (Fsp3) is 0.467. The molecule has 218 valence electrons. The third kappa shape index (κ3) is 6.72. The molecule has 0 spiro atoms. The third-order valence-electron chi connectivity index (χ3n) is 7.73. The molecule has 1 aromatic heterocycles. The Hall–Kier alpha value is -4.28. The fourth-order valence-corrected chi connectivity index (χ4v) is 5.58. The molecule has 2 unspecified atom stereocenters. The summed E-state index contributed by atoms with van der Waals surface area (Å²) in [4.78, 5) is 58.1. The standard InChI is InChI=1S/C30H38N6O5/c1-20-10-8-13-22(31-20)14-9-15-23(32-26(38)29(2,3)33-28(40)41)25(37)36-17-16-24-30(19-36,27(39)35(4)34-24)18-21-11-6-5-7-12-21/h5-8,10-13,23,33H,9,14-19H2,1-4H3,(H,32,38)(H,40,41). The molecule has 11 heteroatoms. The number of nitrogens with one attached hydrogen (secondary N) is 2. The highest BCUT2D eigenvalue weighted by Gasteiger charge is 2.54. The van der Waals surface area contributed by atoms with E-state index in [0.29, 0.717) is 38.6 Å². The van der Waals surface area contributed by atoms with E-state index in [2.05, 4.69) is 20.7 Å². The van der Waals surface area contributed by atoms with Gasteiger partial charge in [0.05, 0.1) is 5.71 Å². The van der Waals surface area contributed by atoms with Crippen LogP contribution in [0.4, 0.5) is 4.79 Å². The van der Waals surface area contributed by atoms with Crippen LogP contribution in [-0.2, 0) is 27.2 Å². The lowest BCUT2D eigenvalue weighted by Crippen LogP contribution is -2.61. The molecule has 3 N–H and O–H groups in total. The van der Waals surface area contributed by atoms with E-state index >= 15 is 0 Å². The van der Waals surface area contributed by atoms with Crippen molar-refractivity contribution in [1.82, 2.24) is 25.5 Å². The van der Waals surface area contributed by atoms with E-state index in [1.807, 2.05) is 55.5 Å². The number of benzene rings is 1. The van der Waals surface area contributed by atoms with Crippen molar-refractivity contribution in [3.8, 4) is 0 Å². The number of aromatic nitrogens is 1. The molecule has 1 fully saturated rings. The van der Waals surface area contributed by atoms with E-state index < -0.39 is 29.0 Å². The number of nitrogens with zero attached hydrogens (tertiary/aromatic N) is 4. The summed E-state index contributed by atoms with van der Waals surface area (Å²) in [6, 6.07) is 14.5. The molecule has 0 saturated carbocycles. The first-order chi connectivity index (χ1) is 19.4. The predicted octanol–water partition coefficient (Wildman–Crippen LogP) is 2.53. The maximum Gasteiger partial charge on any atom is 0.405 e. The molecular formula is C30H38N6O5. The van der Waals surface area contributed by atoms with Gasteiger partial charge in [0.25, 0.3) is 5.91 Å². The van der Waals surface area contributed by atoms with Crippen LogP contribution in [-0.4, -0.2) is 81.2 Å². The van der Waals surface area contributed by atoms with Gasteiger partial charge in [-0.3, -0.25) is 19.4 Å². The van der Waals surface area contributed by atoms with E-state index in [-0.39, 0.29) is 18.4 Å². The summed E-state index contributed by atoms with van der Waals surface area (Å²) < 4.78 is 0. The first-order valence-corrected chi connectivity index (χ1v) is 13.8. The first kappa shape index (κ1) is 29.7. The monoisotopic (exact) mass is 562 g/mol. The van der Waals surface area contributed by atoms with Crippen molar-refractivity contribution in [1.29, 1.82) is 0 Å². The van der Waals surface area contributed by atoms with Crippen molar-refractivity contribution in [2.45, 2.75) is 64.5 Å². The van der Waals surface area contributed by atoms with E-state index in [4.69, 9.17) is 0 Å². The zero-order valence-electron chi connectivity index (χ0n) is 24.0. The largest absolute Gasteiger partial charge is 0.465 e. The predicted molar refractivity (Wildman–Crippen MR) is 153 cm³/mol. The average Bonchev–Trinajstić information content (AvgIpc) is 3.16. The SMILES string of the molecule is Cc1cccc(CCCC(NC(=O)C(C)(C)NC(=O)O)C(=O)N2CCC3=NN(C)C(=O)C3(Cc3ccccc3)C2)n1. The van der Waals surface area contributed by atoms with Crippen LogP contribution in [0, 0.1) is 12.3 Å². The highest BCUT2D eigenvalue weighted by Crippen LogP contribution is 2.38. The highest BCUT2D eigenvalue weighted by molar-refractivity contribution is 6.13. The lowest BCUT2D eigenvalue weighted by Gasteiger charge is -2.41. The molecular weight excluding hydrogens is 524 g/mol. The van der Waals surface area contributed by atoms with Gasteiger partial charge in [-0.2, -0.15) is 5.10 Å². The van der Waals surface area contributed by atoms with Crippen molar-refractivity contribution < 1.29 is 24.3 Å². The lowest BCUT2D eigenvalue weighted by atomic mass is 9.73. The van der Waals surface area contributed by atoms with Gasteiger partial charge in [0.1, 0.15) is 17.0 Å². The normalized spacial score (nSPS) is 19.3. The minimum Gasteiger partial charge on any atom is -0.465 e. The number of rotatable bonds is 10. The van der Waals surface area contributed by atoms with Crippen LogP contribution in [0.1, 0.15) is 50.1 Å². The Bertz CT molecular complexity index is 1340. The van der Waals surface area contributed by atoms with E-state index in [1.165, 1.54) is 18.9 Å². The summed E-state index contributed by atoms with van der Waals surface area (Å²) in [5.74, 6) is -1.08. The highest BCUT2D eigenvalue weighted by atomic mass is 16.4. The van der Waals surface area contributed by atoms with Crippen LogP contribution in [0.5, 0.6) is 0 Å². The molecule has 2 aliphatic rings. The van der Waals surface area contributed by atoms with Crippen LogP contribution in [0.2, 0.25) is 0 Å². The summed E-state index contributed by atoms with van der Waals surface area (Å²) >= 11 is 0. The Morgan fingerprint density at radius 2 is 1.85 bits per heavy atom. The molecule has 0 bridgehead atoms. The van der Waals surface area contributed by atoms with Crippen LogP contribution in [0.25, 0.3) is 0 Å². The minimum absolute atomic E-state index is 0.144. The lowest BCUT2D eigenvalue weighted by molar-refractivity contribution is -0.142. The minimum atomic E-state index is -1.46. The zero-order chi connectivity index (χ0) is 29.8. The summed E-state index contributed by atoms with van der Waals surface area (Å²) in [6.07, 6.45) is 1.00. The molecule has 0 radical (unpaired) electrons. The number of carboxylic acid groups (broad SMARTS) is 1. The Balaban J connectivity index is 1.56. The summed E-state index contributed by atoms with van der Waals surface area (Å²) in [5, 5.41) is 20.1. The van der Waals surface area contributed by atoms with Gasteiger partial charge in [0.15, 0.2) is 0 Å². The van der Waals surface area contributed by atoms with Gasteiger partial charge in [0, 0.05) is 37.9 Å². The number of carbonyl (C=O) groups is 4. The number of pyridine rings is 1. The van der Waals surface area contributed by atoms with Crippen molar-refractivity contribution in [2.75, 3.05) is 20.1 Å². The molecule has 2 aromatic rings. The number of hydrogen-bond donors (Lipinski definition) is 3. The number of amides is 4. The summed E-state index contributed by atoms with van der Waals surface area (Å²) in [7, 11) is 1.63. The summed E-state index contributed by atoms with van der Waals surface area (Å²) in [6.45, 7) is 5.30. The van der Waals surface area contributed by atoms with Gasteiger partial charge < -0.3 is 20.6 Å². The second-order valence-corrected chi connectivity index (χ2v) is 11.4. The van der Waals surface area contributed by atoms with Gasteiger partial charge >= 0.3 is 6.09 Å². The molecule has 2 aliphatic heterocycles. The fourth-order valence-electron chi connectivity index (χ4n) is 5.58. The number of likely N-dealkylation sites (tertiary alicyclic amines) is 1. The maximum atomic E-state index is 14.0. The Kier molecular flexibility index (Phi) is 8.74. The number of hydrogen-bond acceptors (Lipinski definition) is 6. The molecule has 41 heavy (non-hydrogen) atoms. The molecule has 2 atom stereocenters.